The third kappa shape index (κ3) is 3.77. The lowest BCUT2D eigenvalue weighted by Gasteiger charge is -2.62. The fourth-order valence-corrected chi connectivity index (χ4v) is 3.73. The number of guanidine groups is 1. The SMILES string of the molecule is CN=C(NCCCCN1C(=O)c2ccccc2C1=O)N1CC(C)(C)C1(C)C.I. The van der Waals surface area contributed by atoms with E-state index >= 15 is 0 Å². The molecule has 2 heterocycles. The first kappa shape index (κ1) is 22.6. The van der Waals surface area contributed by atoms with Crippen LogP contribution in [0.3, 0.4) is 0 Å². The molecular weight excluding hydrogens is 467 g/mol. The number of likely N-dealkylation sites (tertiary alicyclic amines) is 1. The number of carbonyl (C=O) groups is 2. The number of carbonyl (C=O) groups excluding carboxylic acids is 2. The van der Waals surface area contributed by atoms with Crippen molar-refractivity contribution in [3.05, 3.63) is 35.4 Å². The highest BCUT2D eigenvalue weighted by molar-refractivity contribution is 14.0. The first-order valence-electron chi connectivity index (χ1n) is 9.64. The van der Waals surface area contributed by atoms with Gasteiger partial charge in [0.25, 0.3) is 11.8 Å². The molecule has 0 aromatic heterocycles. The Kier molecular flexibility index (Phi) is 6.78. The smallest absolute Gasteiger partial charge is 0.261 e. The van der Waals surface area contributed by atoms with Crippen molar-refractivity contribution in [3.8, 4) is 0 Å². The van der Waals surface area contributed by atoms with Crippen LogP contribution in [0, 0.1) is 5.41 Å². The molecule has 1 saturated heterocycles. The number of nitrogens with zero attached hydrogens (tertiary/aromatic N) is 3. The van der Waals surface area contributed by atoms with Gasteiger partial charge in [0.15, 0.2) is 5.96 Å². The molecule has 28 heavy (non-hydrogen) atoms. The number of fused-ring (bicyclic) bond motifs is 1. The Bertz CT molecular complexity index is 753. The molecule has 2 aliphatic heterocycles. The summed E-state index contributed by atoms with van der Waals surface area (Å²) < 4.78 is 0. The van der Waals surface area contributed by atoms with E-state index in [2.05, 4.69) is 42.9 Å². The van der Waals surface area contributed by atoms with E-state index in [4.69, 9.17) is 0 Å². The zero-order valence-corrected chi connectivity index (χ0v) is 19.7. The van der Waals surface area contributed by atoms with Crippen LogP contribution in [0.5, 0.6) is 0 Å². The number of nitrogens with one attached hydrogen (secondary N) is 1. The summed E-state index contributed by atoms with van der Waals surface area (Å²) >= 11 is 0. The summed E-state index contributed by atoms with van der Waals surface area (Å²) in [5.74, 6) is 0.563. The molecule has 1 aromatic carbocycles. The minimum atomic E-state index is -0.177. The minimum Gasteiger partial charge on any atom is -0.356 e. The Labute approximate surface area is 184 Å². The standard InChI is InChI=1S/C21H30N4O2.HI/c1-20(2)14-25(21(20,3)4)19(22-5)23-12-8-9-13-24-17(26)15-10-6-7-11-16(15)18(24)27;/h6-7,10-11H,8-9,12-14H2,1-5H3,(H,22,23);1H. The maximum atomic E-state index is 12.4. The molecule has 6 nitrogen and oxygen atoms in total. The van der Waals surface area contributed by atoms with Crippen molar-refractivity contribution < 1.29 is 9.59 Å². The van der Waals surface area contributed by atoms with Crippen molar-refractivity contribution in [1.82, 2.24) is 15.1 Å². The molecule has 154 valence electrons. The van der Waals surface area contributed by atoms with Crippen molar-refractivity contribution in [2.75, 3.05) is 26.7 Å². The first-order valence-corrected chi connectivity index (χ1v) is 9.64. The minimum absolute atomic E-state index is 0. The number of unbranched alkanes of at least 4 members (excludes halogenated alkanes) is 1. The molecule has 1 fully saturated rings. The zero-order valence-electron chi connectivity index (χ0n) is 17.4. The van der Waals surface area contributed by atoms with Gasteiger partial charge < -0.3 is 10.2 Å². The Morgan fingerprint density at radius 2 is 1.64 bits per heavy atom. The monoisotopic (exact) mass is 498 g/mol. The van der Waals surface area contributed by atoms with Gasteiger partial charge in [0.2, 0.25) is 0 Å². The molecule has 0 spiro atoms. The Hall–Kier alpha value is -1.64. The highest BCUT2D eigenvalue weighted by atomic mass is 127. The van der Waals surface area contributed by atoms with E-state index in [-0.39, 0.29) is 46.7 Å². The van der Waals surface area contributed by atoms with Gasteiger partial charge in [-0.15, -0.1) is 24.0 Å². The van der Waals surface area contributed by atoms with Crippen LogP contribution >= 0.6 is 24.0 Å². The van der Waals surface area contributed by atoms with Gasteiger partial charge in [-0.2, -0.15) is 0 Å². The fraction of sp³-hybridized carbons (Fsp3) is 0.571. The Morgan fingerprint density at radius 3 is 2.11 bits per heavy atom. The largest absolute Gasteiger partial charge is 0.356 e. The molecule has 0 bridgehead atoms. The lowest BCUT2D eigenvalue weighted by Crippen LogP contribution is -2.72. The van der Waals surface area contributed by atoms with E-state index in [1.165, 1.54) is 4.90 Å². The van der Waals surface area contributed by atoms with E-state index in [0.29, 0.717) is 17.7 Å². The quantitative estimate of drug-likeness (QED) is 0.222. The third-order valence-corrected chi connectivity index (χ3v) is 6.32. The summed E-state index contributed by atoms with van der Waals surface area (Å²) in [6.45, 7) is 11.2. The molecule has 1 aromatic rings. The topological polar surface area (TPSA) is 65.0 Å². The maximum absolute atomic E-state index is 12.4. The fourth-order valence-electron chi connectivity index (χ4n) is 3.73. The summed E-state index contributed by atoms with van der Waals surface area (Å²) in [7, 11) is 1.81. The molecule has 2 aliphatic rings. The normalized spacial score (nSPS) is 19.8. The van der Waals surface area contributed by atoms with Crippen LogP contribution in [0.25, 0.3) is 0 Å². The van der Waals surface area contributed by atoms with Crippen LogP contribution in [0.4, 0.5) is 0 Å². The molecular formula is C21H31IN4O2. The summed E-state index contributed by atoms with van der Waals surface area (Å²) in [4.78, 5) is 32.8. The van der Waals surface area contributed by atoms with Crippen LogP contribution in [0.15, 0.2) is 29.3 Å². The van der Waals surface area contributed by atoms with Crippen LogP contribution in [0.2, 0.25) is 0 Å². The average Bonchev–Trinajstić information content (AvgIpc) is 2.88. The van der Waals surface area contributed by atoms with Gasteiger partial charge in [0.1, 0.15) is 0 Å². The lowest BCUT2D eigenvalue weighted by molar-refractivity contribution is -0.0667. The highest BCUT2D eigenvalue weighted by Gasteiger charge is 2.53. The summed E-state index contributed by atoms with van der Waals surface area (Å²) in [6, 6.07) is 7.03. The lowest BCUT2D eigenvalue weighted by atomic mass is 9.65. The second kappa shape index (κ2) is 8.39. The molecule has 0 atom stereocenters. The summed E-state index contributed by atoms with van der Waals surface area (Å²) in [6.07, 6.45) is 1.63. The van der Waals surface area contributed by atoms with E-state index in [1.54, 1.807) is 24.3 Å². The van der Waals surface area contributed by atoms with Gasteiger partial charge in [0, 0.05) is 37.6 Å². The zero-order chi connectivity index (χ0) is 19.8. The van der Waals surface area contributed by atoms with E-state index < -0.39 is 0 Å². The van der Waals surface area contributed by atoms with Gasteiger partial charge in [-0.25, -0.2) is 0 Å². The summed E-state index contributed by atoms with van der Waals surface area (Å²) in [5.41, 5.74) is 1.36. The molecule has 1 N–H and O–H groups in total. The van der Waals surface area contributed by atoms with Crippen LogP contribution in [-0.4, -0.2) is 59.8 Å². The van der Waals surface area contributed by atoms with Crippen LogP contribution < -0.4 is 5.32 Å². The van der Waals surface area contributed by atoms with Gasteiger partial charge in [-0.05, 0) is 38.8 Å². The predicted molar refractivity (Wildman–Crippen MR) is 122 cm³/mol. The van der Waals surface area contributed by atoms with Crippen LogP contribution in [-0.2, 0) is 0 Å². The number of hydrogen-bond donors (Lipinski definition) is 1. The van der Waals surface area contributed by atoms with Crippen molar-refractivity contribution in [2.45, 2.75) is 46.1 Å². The molecule has 0 unspecified atom stereocenters. The summed E-state index contributed by atoms with van der Waals surface area (Å²) in [5, 5.41) is 3.42. The number of hydrogen-bond acceptors (Lipinski definition) is 3. The van der Waals surface area contributed by atoms with Crippen LogP contribution in [0.1, 0.15) is 61.3 Å². The third-order valence-electron chi connectivity index (χ3n) is 6.32. The predicted octanol–water partition coefficient (Wildman–Crippen LogP) is 3.38. The molecule has 0 aliphatic carbocycles. The maximum Gasteiger partial charge on any atom is 0.261 e. The number of amides is 2. The van der Waals surface area contributed by atoms with E-state index in [0.717, 1.165) is 31.9 Å². The first-order chi connectivity index (χ1) is 12.7. The molecule has 0 radical (unpaired) electrons. The number of rotatable bonds is 5. The van der Waals surface area contributed by atoms with E-state index in [1.807, 2.05) is 7.05 Å². The number of aliphatic imine (C=N–C) groups is 1. The van der Waals surface area contributed by atoms with Gasteiger partial charge in [-0.1, -0.05) is 26.0 Å². The number of benzene rings is 1. The average molecular weight is 498 g/mol. The Morgan fingerprint density at radius 1 is 1.07 bits per heavy atom. The van der Waals surface area contributed by atoms with Crippen molar-refractivity contribution in [1.29, 1.82) is 0 Å². The molecule has 2 amide bonds. The van der Waals surface area contributed by atoms with Gasteiger partial charge >= 0.3 is 0 Å². The van der Waals surface area contributed by atoms with Crippen molar-refractivity contribution >= 4 is 41.8 Å². The highest BCUT2D eigenvalue weighted by Crippen LogP contribution is 2.46. The van der Waals surface area contributed by atoms with Crippen molar-refractivity contribution in [3.63, 3.8) is 0 Å². The molecule has 0 saturated carbocycles. The Balaban J connectivity index is 0.00000280. The number of imide groups is 1. The van der Waals surface area contributed by atoms with Crippen molar-refractivity contribution in [2.24, 2.45) is 10.4 Å². The molecule has 7 heteroatoms. The molecule has 3 rings (SSSR count). The van der Waals surface area contributed by atoms with Gasteiger partial charge in [-0.3, -0.25) is 19.5 Å². The van der Waals surface area contributed by atoms with E-state index in [9.17, 15) is 9.59 Å². The number of halogens is 1. The second-order valence-electron chi connectivity index (χ2n) is 8.52. The van der Waals surface area contributed by atoms with Gasteiger partial charge in [0.05, 0.1) is 11.1 Å². The second-order valence-corrected chi connectivity index (χ2v) is 8.52.